The van der Waals surface area contributed by atoms with Crippen molar-refractivity contribution in [1.29, 1.82) is 0 Å². The van der Waals surface area contributed by atoms with Gasteiger partial charge >= 0.3 is 6.01 Å². The second kappa shape index (κ2) is 6.39. The topological polar surface area (TPSA) is 68.9 Å². The van der Waals surface area contributed by atoms with E-state index in [-0.39, 0.29) is 0 Å². The fourth-order valence-electron chi connectivity index (χ4n) is 2.21. The van der Waals surface area contributed by atoms with Gasteiger partial charge in [0.1, 0.15) is 17.0 Å². The van der Waals surface area contributed by atoms with Crippen LogP contribution in [0.1, 0.15) is 12.5 Å². The van der Waals surface area contributed by atoms with E-state index in [0.717, 1.165) is 22.5 Å². The monoisotopic (exact) mass is 311 g/mol. The molecule has 0 unspecified atom stereocenters. The van der Waals surface area contributed by atoms with Crippen molar-refractivity contribution in [3.8, 4) is 11.5 Å². The van der Waals surface area contributed by atoms with E-state index < -0.39 is 0 Å². The Morgan fingerprint density at radius 3 is 2.70 bits per heavy atom. The van der Waals surface area contributed by atoms with E-state index in [1.54, 1.807) is 14.2 Å². The zero-order valence-electron chi connectivity index (χ0n) is 13.2. The van der Waals surface area contributed by atoms with Crippen molar-refractivity contribution in [2.75, 3.05) is 19.6 Å². The number of hydrogen-bond donors (Lipinski definition) is 1. The molecule has 0 saturated carbocycles. The van der Waals surface area contributed by atoms with E-state index in [1.165, 1.54) is 0 Å². The highest BCUT2D eigenvalue weighted by atomic mass is 16.5. The summed E-state index contributed by atoms with van der Waals surface area (Å²) in [5, 5.41) is 4.31. The number of methoxy groups -OCH3 is 2. The normalized spacial score (nSPS) is 11.5. The van der Waals surface area contributed by atoms with Crippen LogP contribution in [0.2, 0.25) is 0 Å². The van der Waals surface area contributed by atoms with Crippen LogP contribution < -0.4 is 14.9 Å². The van der Waals surface area contributed by atoms with Gasteiger partial charge in [0.2, 0.25) is 0 Å². The standard InChI is InChI=1S/C17H17N3O3/c1-11(13-9-8-12(21-2)10-16(13)22-3)19-20-17-18-14-6-4-5-7-15(14)23-17/h4-10H,1-3H3,(H,18,20)/b19-11+. The van der Waals surface area contributed by atoms with Crippen molar-refractivity contribution < 1.29 is 13.9 Å². The van der Waals surface area contributed by atoms with Crippen LogP contribution in [0.25, 0.3) is 11.1 Å². The molecule has 3 rings (SSSR count). The highest BCUT2D eigenvalue weighted by Gasteiger charge is 2.09. The van der Waals surface area contributed by atoms with E-state index in [4.69, 9.17) is 13.9 Å². The lowest BCUT2D eigenvalue weighted by molar-refractivity contribution is 0.394. The number of oxazole rings is 1. The predicted octanol–water partition coefficient (Wildman–Crippen LogP) is 3.68. The summed E-state index contributed by atoms with van der Waals surface area (Å²) in [5.74, 6) is 1.41. The first-order valence-electron chi connectivity index (χ1n) is 7.09. The van der Waals surface area contributed by atoms with E-state index in [2.05, 4.69) is 15.5 Å². The largest absolute Gasteiger partial charge is 0.497 e. The molecule has 3 aromatic rings. The van der Waals surface area contributed by atoms with Gasteiger partial charge < -0.3 is 13.9 Å². The molecule has 0 aliphatic rings. The minimum atomic E-state index is 0.345. The van der Waals surface area contributed by atoms with Crippen molar-refractivity contribution in [2.45, 2.75) is 6.92 Å². The molecule has 0 radical (unpaired) electrons. The molecule has 0 saturated heterocycles. The Morgan fingerprint density at radius 1 is 1.13 bits per heavy atom. The maximum Gasteiger partial charge on any atom is 0.316 e. The molecule has 0 bridgehead atoms. The number of rotatable bonds is 5. The van der Waals surface area contributed by atoms with Crippen LogP contribution in [0.4, 0.5) is 6.01 Å². The third-order valence-electron chi connectivity index (χ3n) is 3.41. The Balaban J connectivity index is 1.84. The smallest absolute Gasteiger partial charge is 0.316 e. The molecule has 1 aromatic heterocycles. The molecule has 0 atom stereocenters. The molecular weight excluding hydrogens is 294 g/mol. The van der Waals surface area contributed by atoms with Crippen LogP contribution in [0.15, 0.2) is 52.0 Å². The van der Waals surface area contributed by atoms with Gasteiger partial charge in [-0.25, -0.2) is 5.43 Å². The van der Waals surface area contributed by atoms with Gasteiger partial charge in [-0.1, -0.05) is 12.1 Å². The molecule has 1 N–H and O–H groups in total. The fourth-order valence-corrected chi connectivity index (χ4v) is 2.21. The fraction of sp³-hybridized carbons (Fsp3) is 0.176. The van der Waals surface area contributed by atoms with Gasteiger partial charge in [0, 0.05) is 11.6 Å². The number of fused-ring (bicyclic) bond motifs is 1. The Kier molecular flexibility index (Phi) is 4.14. The number of para-hydroxylation sites is 2. The van der Waals surface area contributed by atoms with Crippen molar-refractivity contribution in [3.63, 3.8) is 0 Å². The van der Waals surface area contributed by atoms with Crippen molar-refractivity contribution in [2.24, 2.45) is 5.10 Å². The molecule has 1 heterocycles. The molecule has 6 nitrogen and oxygen atoms in total. The number of ether oxygens (including phenoxy) is 2. The molecule has 2 aromatic carbocycles. The highest BCUT2D eigenvalue weighted by molar-refractivity contribution is 6.01. The van der Waals surface area contributed by atoms with Crippen molar-refractivity contribution in [3.05, 3.63) is 48.0 Å². The Morgan fingerprint density at radius 2 is 1.96 bits per heavy atom. The summed E-state index contributed by atoms with van der Waals surface area (Å²) in [6.07, 6.45) is 0. The summed E-state index contributed by atoms with van der Waals surface area (Å²) < 4.78 is 16.1. The zero-order valence-corrected chi connectivity index (χ0v) is 13.2. The van der Waals surface area contributed by atoms with E-state index in [1.807, 2.05) is 49.4 Å². The first-order valence-corrected chi connectivity index (χ1v) is 7.09. The average molecular weight is 311 g/mol. The third kappa shape index (κ3) is 3.11. The number of aromatic nitrogens is 1. The quantitative estimate of drug-likeness (QED) is 0.575. The Bertz CT molecular complexity index is 822. The van der Waals surface area contributed by atoms with Crippen LogP contribution in [0.3, 0.4) is 0 Å². The van der Waals surface area contributed by atoms with Crippen LogP contribution in [-0.4, -0.2) is 24.9 Å². The van der Waals surface area contributed by atoms with Crippen LogP contribution >= 0.6 is 0 Å². The van der Waals surface area contributed by atoms with Crippen LogP contribution in [0.5, 0.6) is 11.5 Å². The van der Waals surface area contributed by atoms with Gasteiger partial charge in [-0.2, -0.15) is 10.1 Å². The SMILES string of the molecule is COc1ccc(/C(C)=N/Nc2nc3ccccc3o2)c(OC)c1. The molecule has 0 amide bonds. The van der Waals surface area contributed by atoms with Gasteiger partial charge in [-0.15, -0.1) is 0 Å². The zero-order chi connectivity index (χ0) is 16.2. The molecule has 118 valence electrons. The Hall–Kier alpha value is -3.02. The molecule has 23 heavy (non-hydrogen) atoms. The number of benzene rings is 2. The van der Waals surface area contributed by atoms with Crippen LogP contribution in [-0.2, 0) is 0 Å². The summed E-state index contributed by atoms with van der Waals surface area (Å²) in [4.78, 5) is 4.31. The summed E-state index contributed by atoms with van der Waals surface area (Å²) in [6.45, 7) is 1.87. The molecule has 0 fully saturated rings. The van der Waals surface area contributed by atoms with Crippen LogP contribution in [0, 0.1) is 0 Å². The predicted molar refractivity (Wildman–Crippen MR) is 89.4 cm³/mol. The number of hydrogen-bond acceptors (Lipinski definition) is 6. The van der Waals surface area contributed by atoms with Gasteiger partial charge in [0.25, 0.3) is 0 Å². The maximum atomic E-state index is 5.57. The lowest BCUT2D eigenvalue weighted by Gasteiger charge is -2.09. The molecule has 6 heteroatoms. The first kappa shape index (κ1) is 14.9. The maximum absolute atomic E-state index is 5.57. The lowest BCUT2D eigenvalue weighted by atomic mass is 10.1. The number of hydrazone groups is 1. The van der Waals surface area contributed by atoms with Crippen molar-refractivity contribution >= 4 is 22.8 Å². The molecular formula is C17H17N3O3. The van der Waals surface area contributed by atoms with E-state index in [0.29, 0.717) is 17.3 Å². The summed E-state index contributed by atoms with van der Waals surface area (Å²) in [7, 11) is 3.23. The summed E-state index contributed by atoms with van der Waals surface area (Å²) >= 11 is 0. The summed E-state index contributed by atoms with van der Waals surface area (Å²) in [6, 6.07) is 13.5. The van der Waals surface area contributed by atoms with E-state index >= 15 is 0 Å². The second-order valence-electron chi connectivity index (χ2n) is 4.86. The molecule has 0 aliphatic carbocycles. The molecule has 0 spiro atoms. The minimum absolute atomic E-state index is 0.345. The number of nitrogens with one attached hydrogen (secondary N) is 1. The molecule has 0 aliphatic heterocycles. The van der Waals surface area contributed by atoms with Gasteiger partial charge in [-0.05, 0) is 31.2 Å². The van der Waals surface area contributed by atoms with Gasteiger partial charge in [0.05, 0.1) is 19.9 Å². The van der Waals surface area contributed by atoms with Gasteiger partial charge in [0.15, 0.2) is 5.58 Å². The second-order valence-corrected chi connectivity index (χ2v) is 4.86. The lowest BCUT2D eigenvalue weighted by Crippen LogP contribution is -2.03. The summed E-state index contributed by atoms with van der Waals surface area (Å²) in [5.41, 5.74) is 5.93. The van der Waals surface area contributed by atoms with E-state index in [9.17, 15) is 0 Å². The number of nitrogens with zero attached hydrogens (tertiary/aromatic N) is 2. The minimum Gasteiger partial charge on any atom is -0.497 e. The van der Waals surface area contributed by atoms with Crippen molar-refractivity contribution in [1.82, 2.24) is 4.98 Å². The van der Waals surface area contributed by atoms with Gasteiger partial charge in [-0.3, -0.25) is 0 Å². The third-order valence-corrected chi connectivity index (χ3v) is 3.41. The Labute approximate surface area is 133 Å². The number of anilines is 1. The highest BCUT2D eigenvalue weighted by Crippen LogP contribution is 2.25. The first-order chi connectivity index (χ1) is 11.2. The average Bonchev–Trinajstić information content (AvgIpc) is 3.02.